The third-order valence-corrected chi connectivity index (χ3v) is 4.64. The second-order valence-corrected chi connectivity index (χ2v) is 6.70. The number of sulfone groups is 1. The summed E-state index contributed by atoms with van der Waals surface area (Å²) >= 11 is 1.53. The summed E-state index contributed by atoms with van der Waals surface area (Å²) < 4.78 is 23.6. The number of benzene rings is 1. The standard InChI is InChI=1S/C12H13NO2S2/c14-17(15,10-12-13-7-8-16-12)9-6-11-4-2-1-3-5-11/h1-6,9H,7-8,10H2/b9-6-. The van der Waals surface area contributed by atoms with Gasteiger partial charge in [-0.1, -0.05) is 30.3 Å². The minimum atomic E-state index is -3.20. The quantitative estimate of drug-likeness (QED) is 0.840. The predicted octanol–water partition coefficient (Wildman–Crippen LogP) is 2.22. The molecule has 0 amide bonds. The molecule has 0 saturated heterocycles. The lowest BCUT2D eigenvalue weighted by Crippen LogP contribution is -2.09. The van der Waals surface area contributed by atoms with Gasteiger partial charge >= 0.3 is 0 Å². The highest BCUT2D eigenvalue weighted by atomic mass is 32.2. The van der Waals surface area contributed by atoms with Crippen molar-refractivity contribution in [1.82, 2.24) is 0 Å². The van der Waals surface area contributed by atoms with E-state index in [-0.39, 0.29) is 5.75 Å². The summed E-state index contributed by atoms with van der Waals surface area (Å²) in [5.41, 5.74) is 0.886. The van der Waals surface area contributed by atoms with E-state index in [4.69, 9.17) is 0 Å². The first-order valence-electron chi connectivity index (χ1n) is 5.28. The second kappa shape index (κ2) is 5.51. The zero-order valence-electron chi connectivity index (χ0n) is 9.24. The summed E-state index contributed by atoms with van der Waals surface area (Å²) in [6.07, 6.45) is 1.62. The summed E-state index contributed by atoms with van der Waals surface area (Å²) in [5, 5.41) is 1.99. The Labute approximate surface area is 106 Å². The molecule has 0 aromatic heterocycles. The zero-order valence-corrected chi connectivity index (χ0v) is 10.9. The van der Waals surface area contributed by atoms with Crippen molar-refractivity contribution in [3.63, 3.8) is 0 Å². The van der Waals surface area contributed by atoms with Gasteiger partial charge in [0.15, 0.2) is 9.84 Å². The maximum Gasteiger partial charge on any atom is 0.177 e. The molecule has 0 N–H and O–H groups in total. The Morgan fingerprint density at radius 1 is 1.29 bits per heavy atom. The number of nitrogens with zero attached hydrogens (tertiary/aromatic N) is 1. The fraction of sp³-hybridized carbons (Fsp3) is 0.250. The Balaban J connectivity index is 2.04. The van der Waals surface area contributed by atoms with E-state index in [1.807, 2.05) is 30.3 Å². The molecule has 1 aliphatic rings. The molecule has 5 heteroatoms. The van der Waals surface area contributed by atoms with Gasteiger partial charge in [0.1, 0.15) is 5.75 Å². The third kappa shape index (κ3) is 4.02. The lowest BCUT2D eigenvalue weighted by molar-refractivity contribution is 0.608. The Hall–Kier alpha value is -1.07. The lowest BCUT2D eigenvalue weighted by Gasteiger charge is -1.98. The average molecular weight is 267 g/mol. The fourth-order valence-corrected chi connectivity index (χ4v) is 3.76. The third-order valence-electron chi connectivity index (χ3n) is 2.24. The highest BCUT2D eigenvalue weighted by Gasteiger charge is 2.15. The molecule has 0 bridgehead atoms. The summed E-state index contributed by atoms with van der Waals surface area (Å²) in [6, 6.07) is 9.39. The molecule has 17 heavy (non-hydrogen) atoms. The van der Waals surface area contributed by atoms with Crippen LogP contribution in [0.15, 0.2) is 40.7 Å². The van der Waals surface area contributed by atoms with Crippen molar-refractivity contribution in [2.24, 2.45) is 4.99 Å². The van der Waals surface area contributed by atoms with E-state index in [9.17, 15) is 8.42 Å². The fourth-order valence-electron chi connectivity index (χ4n) is 1.43. The van der Waals surface area contributed by atoms with E-state index in [0.717, 1.165) is 22.9 Å². The van der Waals surface area contributed by atoms with Crippen LogP contribution < -0.4 is 0 Å². The molecule has 1 aromatic rings. The monoisotopic (exact) mass is 267 g/mol. The van der Waals surface area contributed by atoms with Crippen LogP contribution in [0.2, 0.25) is 0 Å². The normalized spacial score (nSPS) is 16.4. The maximum absolute atomic E-state index is 11.8. The average Bonchev–Trinajstić information content (AvgIpc) is 2.80. The molecule has 0 aliphatic carbocycles. The second-order valence-electron chi connectivity index (χ2n) is 3.64. The molecule has 0 spiro atoms. The molecular formula is C12H13NO2S2. The molecule has 0 saturated carbocycles. The molecule has 0 unspecified atom stereocenters. The van der Waals surface area contributed by atoms with Gasteiger partial charge in [0.2, 0.25) is 0 Å². The summed E-state index contributed by atoms with van der Waals surface area (Å²) in [7, 11) is -3.20. The van der Waals surface area contributed by atoms with Crippen LogP contribution in [0.5, 0.6) is 0 Å². The van der Waals surface area contributed by atoms with E-state index in [0.29, 0.717) is 0 Å². The Morgan fingerprint density at radius 2 is 2.06 bits per heavy atom. The number of thioether (sulfide) groups is 1. The van der Waals surface area contributed by atoms with E-state index in [1.165, 1.54) is 17.2 Å². The molecule has 1 aliphatic heterocycles. The summed E-state index contributed by atoms with van der Waals surface area (Å²) in [6.45, 7) is 0.734. The number of aliphatic imine (C=N–C) groups is 1. The van der Waals surface area contributed by atoms with Gasteiger partial charge in [-0.3, -0.25) is 4.99 Å². The zero-order chi connectivity index (χ0) is 12.1. The molecule has 0 radical (unpaired) electrons. The first-order valence-corrected chi connectivity index (χ1v) is 7.98. The first kappa shape index (κ1) is 12.4. The van der Waals surface area contributed by atoms with Gasteiger partial charge < -0.3 is 0 Å². The molecule has 1 heterocycles. The van der Waals surface area contributed by atoms with Crippen molar-refractivity contribution in [2.45, 2.75) is 0 Å². The molecule has 1 aromatic carbocycles. The summed E-state index contributed by atoms with van der Waals surface area (Å²) in [4.78, 5) is 4.14. The van der Waals surface area contributed by atoms with Crippen LogP contribution in [0.4, 0.5) is 0 Å². The highest BCUT2D eigenvalue weighted by molar-refractivity contribution is 8.15. The van der Waals surface area contributed by atoms with Gasteiger partial charge in [-0.15, -0.1) is 11.8 Å². The highest BCUT2D eigenvalue weighted by Crippen LogP contribution is 2.14. The van der Waals surface area contributed by atoms with Gasteiger partial charge in [-0.2, -0.15) is 0 Å². The number of hydrogen-bond donors (Lipinski definition) is 0. The predicted molar refractivity (Wildman–Crippen MR) is 74.0 cm³/mol. The first-order chi connectivity index (χ1) is 8.16. The van der Waals surface area contributed by atoms with Crippen molar-refractivity contribution in [3.8, 4) is 0 Å². The van der Waals surface area contributed by atoms with Gasteiger partial charge in [0.25, 0.3) is 0 Å². The van der Waals surface area contributed by atoms with Crippen LogP contribution in [-0.4, -0.2) is 31.5 Å². The largest absolute Gasteiger partial charge is 0.281 e. The van der Waals surface area contributed by atoms with E-state index in [2.05, 4.69) is 4.99 Å². The number of rotatable bonds is 4. The minimum absolute atomic E-state index is 0.0288. The molecular weight excluding hydrogens is 254 g/mol. The number of hydrogen-bond acceptors (Lipinski definition) is 4. The summed E-state index contributed by atoms with van der Waals surface area (Å²) in [5.74, 6) is 0.925. The van der Waals surface area contributed by atoms with E-state index >= 15 is 0 Å². The SMILES string of the molecule is O=S(=O)(/C=C\c1ccccc1)CC1=NCCS1. The van der Waals surface area contributed by atoms with Gasteiger partial charge in [0, 0.05) is 17.7 Å². The van der Waals surface area contributed by atoms with Crippen molar-refractivity contribution in [2.75, 3.05) is 18.1 Å². The smallest absolute Gasteiger partial charge is 0.177 e. The molecule has 0 atom stereocenters. The lowest BCUT2D eigenvalue weighted by atomic mass is 10.2. The molecule has 90 valence electrons. The van der Waals surface area contributed by atoms with Gasteiger partial charge in [-0.05, 0) is 11.6 Å². The van der Waals surface area contributed by atoms with Crippen LogP contribution in [0.25, 0.3) is 6.08 Å². The molecule has 0 fully saturated rings. The van der Waals surface area contributed by atoms with E-state index in [1.54, 1.807) is 6.08 Å². The van der Waals surface area contributed by atoms with Crippen LogP contribution in [0, 0.1) is 0 Å². The molecule has 2 rings (SSSR count). The van der Waals surface area contributed by atoms with Crippen molar-refractivity contribution < 1.29 is 8.42 Å². The van der Waals surface area contributed by atoms with Crippen molar-refractivity contribution in [3.05, 3.63) is 41.3 Å². The van der Waals surface area contributed by atoms with Gasteiger partial charge in [-0.25, -0.2) is 8.42 Å². The van der Waals surface area contributed by atoms with E-state index < -0.39 is 9.84 Å². The Kier molecular flexibility index (Phi) is 4.02. The molecule has 3 nitrogen and oxygen atoms in total. The van der Waals surface area contributed by atoms with Crippen molar-refractivity contribution >= 4 is 32.7 Å². The van der Waals surface area contributed by atoms with Crippen LogP contribution in [0.3, 0.4) is 0 Å². The topological polar surface area (TPSA) is 46.5 Å². The minimum Gasteiger partial charge on any atom is -0.281 e. The Bertz CT molecular complexity index is 533. The maximum atomic E-state index is 11.8. The van der Waals surface area contributed by atoms with Gasteiger partial charge in [0.05, 0.1) is 5.04 Å². The van der Waals surface area contributed by atoms with Crippen LogP contribution in [-0.2, 0) is 9.84 Å². The van der Waals surface area contributed by atoms with Crippen LogP contribution in [0.1, 0.15) is 5.56 Å². The Morgan fingerprint density at radius 3 is 2.71 bits per heavy atom. The van der Waals surface area contributed by atoms with Crippen LogP contribution >= 0.6 is 11.8 Å². The van der Waals surface area contributed by atoms with Crippen molar-refractivity contribution in [1.29, 1.82) is 0 Å².